The van der Waals surface area contributed by atoms with Crippen LogP contribution in [0.15, 0.2) is 85.2 Å². The Morgan fingerprint density at radius 2 is 1.79 bits per heavy atom. The van der Waals surface area contributed by atoms with E-state index in [0.29, 0.717) is 23.5 Å². The molecule has 0 atom stereocenters. The highest BCUT2D eigenvalue weighted by Gasteiger charge is 2.08. The quantitative estimate of drug-likeness (QED) is 0.561. The van der Waals surface area contributed by atoms with Crippen molar-refractivity contribution < 1.29 is 9.53 Å². The fourth-order valence-electron chi connectivity index (χ4n) is 2.65. The van der Waals surface area contributed by atoms with Crippen LogP contribution < -0.4 is 10.1 Å². The van der Waals surface area contributed by atoms with Crippen LogP contribution in [0.5, 0.6) is 5.75 Å². The minimum absolute atomic E-state index is 0.215. The van der Waals surface area contributed by atoms with Crippen LogP contribution in [0.25, 0.3) is 5.69 Å². The van der Waals surface area contributed by atoms with Gasteiger partial charge in [0.15, 0.2) is 0 Å². The average molecular weight is 371 g/mol. The van der Waals surface area contributed by atoms with Gasteiger partial charge in [0.1, 0.15) is 18.7 Å². The van der Waals surface area contributed by atoms with Crippen molar-refractivity contribution in [1.82, 2.24) is 20.2 Å². The second kappa shape index (κ2) is 8.13. The maximum Gasteiger partial charge on any atom is 0.255 e. The third kappa shape index (κ3) is 4.21. The van der Waals surface area contributed by atoms with Crippen molar-refractivity contribution >= 4 is 11.6 Å². The van der Waals surface area contributed by atoms with E-state index in [2.05, 4.69) is 20.8 Å². The zero-order valence-electron chi connectivity index (χ0n) is 14.9. The van der Waals surface area contributed by atoms with Gasteiger partial charge in [0.05, 0.1) is 5.69 Å². The minimum Gasteiger partial charge on any atom is -0.489 e. The summed E-state index contributed by atoms with van der Waals surface area (Å²) in [5.74, 6) is 0.524. The Morgan fingerprint density at radius 3 is 2.54 bits per heavy atom. The first-order valence-electron chi connectivity index (χ1n) is 8.69. The molecule has 4 rings (SSSR count). The number of ether oxygens (including phenoxy) is 1. The Morgan fingerprint density at radius 1 is 0.964 bits per heavy atom. The Hall–Kier alpha value is -4.00. The van der Waals surface area contributed by atoms with Gasteiger partial charge >= 0.3 is 0 Å². The summed E-state index contributed by atoms with van der Waals surface area (Å²) in [5, 5.41) is 13.9. The number of carbonyl (C=O) groups is 1. The summed E-state index contributed by atoms with van der Waals surface area (Å²) in [4.78, 5) is 12.5. The normalized spacial score (nSPS) is 10.4. The molecule has 0 saturated heterocycles. The van der Waals surface area contributed by atoms with Crippen LogP contribution in [0.4, 0.5) is 5.69 Å². The highest BCUT2D eigenvalue weighted by molar-refractivity contribution is 6.04. The lowest BCUT2D eigenvalue weighted by Gasteiger charge is -2.09. The third-order valence-corrected chi connectivity index (χ3v) is 4.08. The lowest BCUT2D eigenvalue weighted by Crippen LogP contribution is -2.12. The van der Waals surface area contributed by atoms with Crippen LogP contribution in [0, 0.1) is 0 Å². The average Bonchev–Trinajstić information content (AvgIpc) is 3.29. The first-order valence-corrected chi connectivity index (χ1v) is 8.69. The largest absolute Gasteiger partial charge is 0.489 e. The summed E-state index contributed by atoms with van der Waals surface area (Å²) >= 11 is 0. The second-order valence-electron chi connectivity index (χ2n) is 6.06. The summed E-state index contributed by atoms with van der Waals surface area (Å²) in [7, 11) is 0. The molecule has 3 aromatic carbocycles. The van der Waals surface area contributed by atoms with Crippen molar-refractivity contribution in [3.8, 4) is 11.4 Å². The van der Waals surface area contributed by atoms with Gasteiger partial charge in [0.25, 0.3) is 5.91 Å². The summed E-state index contributed by atoms with van der Waals surface area (Å²) in [6, 6.07) is 24.3. The minimum atomic E-state index is -0.215. The molecule has 0 aliphatic heterocycles. The lowest BCUT2D eigenvalue weighted by atomic mass is 10.2. The number of tetrazole rings is 1. The predicted molar refractivity (Wildman–Crippen MR) is 104 cm³/mol. The molecule has 28 heavy (non-hydrogen) atoms. The van der Waals surface area contributed by atoms with Crippen LogP contribution in [0.1, 0.15) is 15.9 Å². The number of nitrogens with zero attached hydrogens (tertiary/aromatic N) is 4. The smallest absolute Gasteiger partial charge is 0.255 e. The Kier molecular flexibility index (Phi) is 5.06. The van der Waals surface area contributed by atoms with Crippen molar-refractivity contribution in [3.63, 3.8) is 0 Å². The van der Waals surface area contributed by atoms with Crippen LogP contribution in [-0.4, -0.2) is 26.1 Å². The molecule has 0 fully saturated rings. The van der Waals surface area contributed by atoms with E-state index in [0.717, 1.165) is 11.3 Å². The topological polar surface area (TPSA) is 81.9 Å². The van der Waals surface area contributed by atoms with E-state index >= 15 is 0 Å². The highest BCUT2D eigenvalue weighted by Crippen LogP contribution is 2.18. The molecule has 1 amide bonds. The van der Waals surface area contributed by atoms with E-state index < -0.39 is 0 Å². The van der Waals surface area contributed by atoms with Gasteiger partial charge in [-0.3, -0.25) is 4.79 Å². The van der Waals surface area contributed by atoms with Crippen LogP contribution in [0.3, 0.4) is 0 Å². The predicted octanol–water partition coefficient (Wildman–Crippen LogP) is 3.49. The number of aromatic nitrogens is 4. The Balaban J connectivity index is 1.39. The van der Waals surface area contributed by atoms with Gasteiger partial charge < -0.3 is 10.1 Å². The molecule has 0 aliphatic carbocycles. The monoisotopic (exact) mass is 371 g/mol. The number of rotatable bonds is 6. The molecule has 0 spiro atoms. The molecule has 7 nitrogen and oxygen atoms in total. The molecule has 138 valence electrons. The van der Waals surface area contributed by atoms with Crippen molar-refractivity contribution in [1.29, 1.82) is 0 Å². The summed E-state index contributed by atoms with van der Waals surface area (Å²) in [6.45, 7) is 0.497. The SMILES string of the molecule is O=C(Nc1ccc(OCc2ccccc2)cc1)c1cccc(-n2cnnn2)c1. The molecule has 0 radical (unpaired) electrons. The first-order chi connectivity index (χ1) is 13.8. The second-order valence-corrected chi connectivity index (χ2v) is 6.06. The van der Waals surface area contributed by atoms with Crippen LogP contribution in [-0.2, 0) is 6.61 Å². The number of hydrogen-bond donors (Lipinski definition) is 1. The number of amides is 1. The molecule has 1 N–H and O–H groups in total. The Bertz CT molecular complexity index is 1050. The Labute approximate surface area is 161 Å². The molecule has 7 heteroatoms. The van der Waals surface area contributed by atoms with Crippen molar-refractivity contribution in [2.45, 2.75) is 6.61 Å². The number of carbonyl (C=O) groups excluding carboxylic acids is 1. The number of nitrogens with one attached hydrogen (secondary N) is 1. The molecular weight excluding hydrogens is 354 g/mol. The standard InChI is InChI=1S/C21H17N5O2/c27-21(17-7-4-8-19(13-17)26-15-22-24-25-26)23-18-9-11-20(12-10-18)28-14-16-5-2-1-3-6-16/h1-13,15H,14H2,(H,23,27). The van der Waals surface area contributed by atoms with Gasteiger partial charge in [-0.1, -0.05) is 36.4 Å². The number of benzene rings is 3. The van der Waals surface area contributed by atoms with Gasteiger partial charge in [-0.05, 0) is 58.5 Å². The lowest BCUT2D eigenvalue weighted by molar-refractivity contribution is 0.102. The molecule has 1 aromatic heterocycles. The molecule has 0 aliphatic rings. The van der Waals surface area contributed by atoms with E-state index in [-0.39, 0.29) is 5.91 Å². The van der Waals surface area contributed by atoms with E-state index in [1.165, 1.54) is 11.0 Å². The maximum absolute atomic E-state index is 12.5. The van der Waals surface area contributed by atoms with Crippen molar-refractivity contribution in [2.24, 2.45) is 0 Å². The third-order valence-electron chi connectivity index (χ3n) is 4.08. The summed E-state index contributed by atoms with van der Waals surface area (Å²) < 4.78 is 7.26. The van der Waals surface area contributed by atoms with Gasteiger partial charge in [0.2, 0.25) is 0 Å². The fraction of sp³-hybridized carbons (Fsp3) is 0.0476. The van der Waals surface area contributed by atoms with E-state index in [4.69, 9.17) is 4.74 Å². The fourth-order valence-corrected chi connectivity index (χ4v) is 2.65. The molecule has 0 bridgehead atoms. The number of anilines is 1. The zero-order valence-corrected chi connectivity index (χ0v) is 14.9. The zero-order chi connectivity index (χ0) is 19.2. The molecule has 4 aromatic rings. The number of hydrogen-bond acceptors (Lipinski definition) is 5. The van der Waals surface area contributed by atoms with Crippen molar-refractivity contribution in [2.75, 3.05) is 5.32 Å². The highest BCUT2D eigenvalue weighted by atomic mass is 16.5. The van der Waals surface area contributed by atoms with Gasteiger partial charge in [0, 0.05) is 11.3 Å². The van der Waals surface area contributed by atoms with Gasteiger partial charge in [-0.2, -0.15) is 0 Å². The first kappa shape index (κ1) is 17.4. The molecular formula is C21H17N5O2. The molecule has 0 saturated carbocycles. The maximum atomic E-state index is 12.5. The van der Waals surface area contributed by atoms with Crippen LogP contribution in [0.2, 0.25) is 0 Å². The van der Waals surface area contributed by atoms with Gasteiger partial charge in [-0.15, -0.1) is 5.10 Å². The van der Waals surface area contributed by atoms with Crippen molar-refractivity contribution in [3.05, 3.63) is 96.3 Å². The van der Waals surface area contributed by atoms with E-state index in [1.807, 2.05) is 60.7 Å². The summed E-state index contributed by atoms with van der Waals surface area (Å²) in [6.07, 6.45) is 1.48. The molecule has 1 heterocycles. The van der Waals surface area contributed by atoms with Crippen LogP contribution >= 0.6 is 0 Å². The molecule has 0 unspecified atom stereocenters. The van der Waals surface area contributed by atoms with Gasteiger partial charge in [-0.25, -0.2) is 4.68 Å². The van der Waals surface area contributed by atoms with E-state index in [1.54, 1.807) is 18.2 Å². The van der Waals surface area contributed by atoms with E-state index in [9.17, 15) is 4.79 Å². The summed E-state index contributed by atoms with van der Waals surface area (Å²) in [5.41, 5.74) is 3.01.